The van der Waals surface area contributed by atoms with Crippen molar-refractivity contribution >= 4 is 23.8 Å². The number of ether oxygens (including phenoxy) is 3. The highest BCUT2D eigenvalue weighted by atomic mass is 32.2. The molecule has 1 N–H and O–H groups in total. The van der Waals surface area contributed by atoms with Crippen molar-refractivity contribution in [3.63, 3.8) is 0 Å². The van der Waals surface area contributed by atoms with E-state index >= 15 is 0 Å². The van der Waals surface area contributed by atoms with Crippen LogP contribution in [0.25, 0.3) is 0 Å². The zero-order valence-corrected chi connectivity index (χ0v) is 18.3. The molecule has 0 radical (unpaired) electrons. The van der Waals surface area contributed by atoms with Crippen LogP contribution in [-0.2, 0) is 24.8 Å². The van der Waals surface area contributed by atoms with Crippen LogP contribution in [0, 0.1) is 0 Å². The van der Waals surface area contributed by atoms with Crippen molar-refractivity contribution in [1.82, 2.24) is 4.31 Å². The monoisotopic (exact) mass is 447 g/mol. The summed E-state index contributed by atoms with van der Waals surface area (Å²) in [6.07, 6.45) is -0.0103. The molecule has 0 bridgehead atoms. The van der Waals surface area contributed by atoms with Crippen molar-refractivity contribution in [2.24, 2.45) is 0 Å². The first kappa shape index (κ1) is 24.9. The summed E-state index contributed by atoms with van der Waals surface area (Å²) in [6.45, 7) is 2.60. The van der Waals surface area contributed by atoms with E-state index in [1.165, 1.54) is 11.9 Å². The minimum atomic E-state index is -0.879. The first-order chi connectivity index (χ1) is 15.2. The standard InChI is InChI=1S/C23H29NO6S/c25-22(26)11-13-28-15-17-30-18-16-29-14-12-24(23(27)21-9-5-2-6-10-21)31-19-20-7-3-1-4-8-20/h1-10H,11-19H2,(H,25,26). The predicted molar refractivity (Wildman–Crippen MR) is 120 cm³/mol. The Labute approximate surface area is 187 Å². The number of nitrogens with zero attached hydrogens (tertiary/aromatic N) is 1. The van der Waals surface area contributed by atoms with Crippen LogP contribution < -0.4 is 0 Å². The minimum Gasteiger partial charge on any atom is -0.481 e. The summed E-state index contributed by atoms with van der Waals surface area (Å²) < 4.78 is 17.9. The van der Waals surface area contributed by atoms with Gasteiger partial charge in [0.1, 0.15) is 0 Å². The average molecular weight is 448 g/mol. The molecule has 31 heavy (non-hydrogen) atoms. The van der Waals surface area contributed by atoms with E-state index in [0.29, 0.717) is 50.9 Å². The zero-order chi connectivity index (χ0) is 22.2. The Kier molecular flexibility index (Phi) is 12.4. The average Bonchev–Trinajstić information content (AvgIpc) is 2.80. The van der Waals surface area contributed by atoms with Crippen LogP contribution >= 0.6 is 11.9 Å². The van der Waals surface area contributed by atoms with Crippen LogP contribution in [0.4, 0.5) is 0 Å². The van der Waals surface area contributed by atoms with E-state index in [1.54, 1.807) is 4.31 Å². The number of aliphatic carboxylic acids is 1. The first-order valence-corrected chi connectivity index (χ1v) is 11.1. The summed E-state index contributed by atoms with van der Waals surface area (Å²) in [7, 11) is 0. The molecule has 0 heterocycles. The van der Waals surface area contributed by atoms with Gasteiger partial charge in [-0.05, 0) is 29.6 Å². The second-order valence-electron chi connectivity index (χ2n) is 6.51. The molecule has 2 aromatic rings. The summed E-state index contributed by atoms with van der Waals surface area (Å²) in [6, 6.07) is 19.2. The Morgan fingerprint density at radius 2 is 1.32 bits per heavy atom. The molecule has 0 spiro atoms. The fourth-order valence-corrected chi connectivity index (χ4v) is 3.45. The van der Waals surface area contributed by atoms with Gasteiger partial charge in [0.2, 0.25) is 0 Å². The van der Waals surface area contributed by atoms with E-state index in [-0.39, 0.29) is 18.9 Å². The van der Waals surface area contributed by atoms with Crippen molar-refractivity contribution in [3.8, 4) is 0 Å². The van der Waals surface area contributed by atoms with Gasteiger partial charge in [0.05, 0.1) is 52.6 Å². The van der Waals surface area contributed by atoms with Crippen molar-refractivity contribution in [1.29, 1.82) is 0 Å². The third kappa shape index (κ3) is 11.0. The Hall–Kier alpha value is -2.39. The lowest BCUT2D eigenvalue weighted by Crippen LogP contribution is -2.28. The summed E-state index contributed by atoms with van der Waals surface area (Å²) in [5.74, 6) is -0.222. The Balaban J connectivity index is 1.67. The predicted octanol–water partition coefficient (Wildman–Crippen LogP) is 3.50. The molecule has 0 aliphatic heterocycles. The number of rotatable bonds is 16. The van der Waals surface area contributed by atoms with E-state index in [0.717, 1.165) is 5.56 Å². The van der Waals surface area contributed by atoms with Gasteiger partial charge >= 0.3 is 5.97 Å². The van der Waals surface area contributed by atoms with Crippen LogP contribution in [-0.4, -0.2) is 67.5 Å². The Morgan fingerprint density at radius 3 is 1.94 bits per heavy atom. The molecular weight excluding hydrogens is 418 g/mol. The van der Waals surface area contributed by atoms with Gasteiger partial charge in [0.15, 0.2) is 0 Å². The maximum absolute atomic E-state index is 12.9. The van der Waals surface area contributed by atoms with Crippen LogP contribution in [0.3, 0.4) is 0 Å². The lowest BCUT2D eigenvalue weighted by atomic mass is 10.2. The molecule has 0 saturated carbocycles. The highest BCUT2D eigenvalue weighted by Gasteiger charge is 2.16. The van der Waals surface area contributed by atoms with Gasteiger partial charge in [-0.3, -0.25) is 13.9 Å². The summed E-state index contributed by atoms with van der Waals surface area (Å²) in [4.78, 5) is 23.2. The van der Waals surface area contributed by atoms with E-state index < -0.39 is 5.97 Å². The molecule has 1 amide bonds. The van der Waals surface area contributed by atoms with Crippen molar-refractivity contribution in [2.75, 3.05) is 46.2 Å². The maximum atomic E-state index is 12.9. The van der Waals surface area contributed by atoms with E-state index in [4.69, 9.17) is 19.3 Å². The van der Waals surface area contributed by atoms with Crippen molar-refractivity contribution in [2.45, 2.75) is 12.2 Å². The number of carbonyl (C=O) groups excluding carboxylic acids is 1. The lowest BCUT2D eigenvalue weighted by molar-refractivity contribution is -0.138. The van der Waals surface area contributed by atoms with Gasteiger partial charge in [-0.1, -0.05) is 48.5 Å². The van der Waals surface area contributed by atoms with Crippen LogP contribution in [0.1, 0.15) is 22.3 Å². The van der Waals surface area contributed by atoms with Gasteiger partial charge in [-0.15, -0.1) is 0 Å². The highest BCUT2D eigenvalue weighted by molar-refractivity contribution is 7.96. The first-order valence-electron chi connectivity index (χ1n) is 10.2. The third-order valence-corrected chi connectivity index (χ3v) is 5.24. The minimum absolute atomic E-state index is 0.0103. The number of carboxylic acid groups (broad SMARTS) is 1. The van der Waals surface area contributed by atoms with Crippen molar-refractivity contribution in [3.05, 3.63) is 71.8 Å². The molecule has 2 aromatic carbocycles. The van der Waals surface area contributed by atoms with E-state index in [9.17, 15) is 9.59 Å². The summed E-state index contributed by atoms with van der Waals surface area (Å²) in [5, 5.41) is 8.51. The quantitative estimate of drug-likeness (QED) is 0.311. The Bertz CT molecular complexity index is 759. The largest absolute Gasteiger partial charge is 0.481 e. The highest BCUT2D eigenvalue weighted by Crippen LogP contribution is 2.20. The second kappa shape index (κ2) is 15.4. The molecule has 0 aliphatic rings. The van der Waals surface area contributed by atoms with Gasteiger partial charge in [0.25, 0.3) is 5.91 Å². The van der Waals surface area contributed by atoms with Gasteiger partial charge < -0.3 is 19.3 Å². The van der Waals surface area contributed by atoms with Gasteiger partial charge in [-0.25, -0.2) is 0 Å². The fourth-order valence-electron chi connectivity index (χ4n) is 2.52. The van der Waals surface area contributed by atoms with Gasteiger partial charge in [0, 0.05) is 11.3 Å². The Morgan fingerprint density at radius 1 is 0.774 bits per heavy atom. The molecule has 0 unspecified atom stereocenters. The number of carboxylic acids is 1. The number of benzene rings is 2. The smallest absolute Gasteiger partial charge is 0.305 e. The van der Waals surface area contributed by atoms with E-state index in [2.05, 4.69) is 0 Å². The number of hydrogen-bond acceptors (Lipinski definition) is 6. The number of amides is 1. The van der Waals surface area contributed by atoms with Crippen molar-refractivity contribution < 1.29 is 28.9 Å². The topological polar surface area (TPSA) is 85.3 Å². The molecule has 0 atom stereocenters. The molecule has 168 valence electrons. The van der Waals surface area contributed by atoms with E-state index in [1.807, 2.05) is 60.7 Å². The molecule has 2 rings (SSSR count). The third-order valence-electron chi connectivity index (χ3n) is 4.12. The second-order valence-corrected chi connectivity index (χ2v) is 7.50. The van der Waals surface area contributed by atoms with Crippen LogP contribution in [0.15, 0.2) is 60.7 Å². The normalized spacial score (nSPS) is 10.7. The summed E-state index contributed by atoms with van der Waals surface area (Å²) >= 11 is 1.47. The van der Waals surface area contributed by atoms with Gasteiger partial charge in [-0.2, -0.15) is 0 Å². The maximum Gasteiger partial charge on any atom is 0.305 e. The molecule has 0 aromatic heterocycles. The molecule has 0 fully saturated rings. The SMILES string of the molecule is O=C(O)CCOCCOCCOCCN(SCc1ccccc1)C(=O)c1ccccc1. The van der Waals surface area contributed by atoms with Crippen LogP contribution in [0.2, 0.25) is 0 Å². The number of carbonyl (C=O) groups is 2. The zero-order valence-electron chi connectivity index (χ0n) is 17.5. The number of hydrogen-bond donors (Lipinski definition) is 1. The molecule has 0 saturated heterocycles. The van der Waals surface area contributed by atoms with Crippen LogP contribution in [0.5, 0.6) is 0 Å². The fraction of sp³-hybridized carbons (Fsp3) is 0.391. The summed E-state index contributed by atoms with van der Waals surface area (Å²) in [5.41, 5.74) is 1.80. The lowest BCUT2D eigenvalue weighted by Gasteiger charge is -2.21. The molecule has 7 nitrogen and oxygen atoms in total. The molecular formula is C23H29NO6S. The molecule has 8 heteroatoms. The molecule has 0 aliphatic carbocycles.